The van der Waals surface area contributed by atoms with Gasteiger partial charge in [-0.3, -0.25) is 4.79 Å². The summed E-state index contributed by atoms with van der Waals surface area (Å²) >= 11 is 3.18. The zero-order chi connectivity index (χ0) is 11.4. The maximum atomic E-state index is 10.8. The number of carbonyl (C=O) groups excluding carboxylic acids is 1. The average Bonchev–Trinajstić information content (AvgIpc) is 2.14. The van der Waals surface area contributed by atoms with Crippen molar-refractivity contribution in [3.63, 3.8) is 0 Å². The molecule has 0 heterocycles. The molecule has 1 amide bonds. The van der Waals surface area contributed by atoms with Crippen LogP contribution in [-0.2, 0) is 4.79 Å². The van der Waals surface area contributed by atoms with Gasteiger partial charge in [0.25, 0.3) is 5.91 Å². The number of carboxylic acid groups (broad SMARTS) is 1. The van der Waals surface area contributed by atoms with E-state index in [9.17, 15) is 9.59 Å². The van der Waals surface area contributed by atoms with Crippen LogP contribution in [-0.4, -0.2) is 17.0 Å². The van der Waals surface area contributed by atoms with Gasteiger partial charge in [-0.15, -0.1) is 0 Å². The molecule has 4 nitrogen and oxygen atoms in total. The minimum Gasteiger partial charge on any atom is -0.478 e. The molecule has 1 aromatic rings. The van der Waals surface area contributed by atoms with Crippen LogP contribution in [0.4, 0.5) is 0 Å². The summed E-state index contributed by atoms with van der Waals surface area (Å²) in [5, 5.41) is 8.82. The lowest BCUT2D eigenvalue weighted by Crippen LogP contribution is -2.07. The Labute approximate surface area is 94.2 Å². The molecule has 0 radical (unpaired) electrons. The largest absolute Gasteiger partial charge is 0.478 e. The normalized spacial score (nSPS) is 8.87. The molecule has 3 N–H and O–H groups in total. The standard InChI is InChI=1S/C10H6BrNO3/c11-7-2-3-8(10(14)15)6(5-7)1-4-9(12)13/h2-3,5H,(H2,12,13)(H,14,15). The second kappa shape index (κ2) is 4.62. The summed E-state index contributed by atoms with van der Waals surface area (Å²) in [6.07, 6.45) is 0. The number of benzene rings is 1. The van der Waals surface area contributed by atoms with E-state index in [4.69, 9.17) is 10.8 Å². The minimum atomic E-state index is -1.10. The molecular weight excluding hydrogens is 262 g/mol. The van der Waals surface area contributed by atoms with Crippen LogP contribution in [0.15, 0.2) is 22.7 Å². The summed E-state index contributed by atoms with van der Waals surface area (Å²) in [4.78, 5) is 21.2. The van der Waals surface area contributed by atoms with Crippen molar-refractivity contribution in [2.45, 2.75) is 0 Å². The highest BCUT2D eigenvalue weighted by Crippen LogP contribution is 2.15. The number of amides is 1. The van der Waals surface area contributed by atoms with Crippen molar-refractivity contribution in [3.8, 4) is 11.8 Å². The third-order valence-corrected chi connectivity index (χ3v) is 2.03. The Bertz CT molecular complexity index is 485. The van der Waals surface area contributed by atoms with Gasteiger partial charge in [0, 0.05) is 16.0 Å². The molecule has 0 aliphatic rings. The monoisotopic (exact) mass is 267 g/mol. The van der Waals surface area contributed by atoms with Gasteiger partial charge in [0.15, 0.2) is 0 Å². The van der Waals surface area contributed by atoms with E-state index < -0.39 is 11.9 Å². The molecule has 0 aliphatic carbocycles. The van der Waals surface area contributed by atoms with Crippen LogP contribution < -0.4 is 5.73 Å². The first-order valence-electron chi connectivity index (χ1n) is 3.85. The molecule has 0 aliphatic heterocycles. The average molecular weight is 268 g/mol. The topological polar surface area (TPSA) is 80.4 Å². The fraction of sp³-hybridized carbons (Fsp3) is 0. The van der Waals surface area contributed by atoms with Gasteiger partial charge in [-0.1, -0.05) is 21.9 Å². The highest BCUT2D eigenvalue weighted by Gasteiger charge is 2.08. The first-order valence-corrected chi connectivity index (χ1v) is 4.64. The van der Waals surface area contributed by atoms with Gasteiger partial charge in [0.1, 0.15) is 0 Å². The first kappa shape index (κ1) is 11.3. The molecule has 15 heavy (non-hydrogen) atoms. The Hall–Kier alpha value is -1.80. The number of hydrogen-bond donors (Lipinski definition) is 2. The van der Waals surface area contributed by atoms with Crippen LogP contribution in [0.2, 0.25) is 0 Å². The molecule has 0 spiro atoms. The predicted octanol–water partition coefficient (Wildman–Crippen LogP) is 0.984. The van der Waals surface area contributed by atoms with E-state index in [1.807, 2.05) is 0 Å². The number of rotatable bonds is 1. The molecule has 0 saturated carbocycles. The van der Waals surface area contributed by atoms with Gasteiger partial charge in [-0.25, -0.2) is 4.79 Å². The van der Waals surface area contributed by atoms with Crippen molar-refractivity contribution in [3.05, 3.63) is 33.8 Å². The maximum absolute atomic E-state index is 10.8. The Morgan fingerprint density at radius 3 is 2.60 bits per heavy atom. The molecule has 0 saturated heterocycles. The van der Waals surface area contributed by atoms with Gasteiger partial charge in [-0.05, 0) is 18.2 Å². The Morgan fingerprint density at radius 1 is 1.40 bits per heavy atom. The number of carbonyl (C=O) groups is 2. The van der Waals surface area contributed by atoms with Crippen LogP contribution in [0.1, 0.15) is 15.9 Å². The van der Waals surface area contributed by atoms with Crippen molar-refractivity contribution in [2.75, 3.05) is 0 Å². The summed E-state index contributed by atoms with van der Waals surface area (Å²) in [7, 11) is 0. The minimum absolute atomic E-state index is 0.0342. The van der Waals surface area contributed by atoms with Gasteiger partial charge < -0.3 is 10.8 Å². The van der Waals surface area contributed by atoms with Crippen LogP contribution in [0, 0.1) is 11.8 Å². The van der Waals surface area contributed by atoms with E-state index in [1.165, 1.54) is 12.1 Å². The zero-order valence-corrected chi connectivity index (χ0v) is 9.04. The Morgan fingerprint density at radius 2 is 2.07 bits per heavy atom. The zero-order valence-electron chi connectivity index (χ0n) is 7.45. The molecule has 0 bridgehead atoms. The van der Waals surface area contributed by atoms with Crippen molar-refractivity contribution in [1.29, 1.82) is 0 Å². The van der Waals surface area contributed by atoms with E-state index in [2.05, 4.69) is 27.8 Å². The summed E-state index contributed by atoms with van der Waals surface area (Å²) in [6.45, 7) is 0. The molecule has 1 rings (SSSR count). The predicted molar refractivity (Wildman–Crippen MR) is 57.2 cm³/mol. The summed E-state index contributed by atoms with van der Waals surface area (Å²) < 4.78 is 0.682. The maximum Gasteiger partial charge on any atom is 0.336 e. The fourth-order valence-corrected chi connectivity index (χ4v) is 1.30. The molecule has 0 aromatic heterocycles. The van der Waals surface area contributed by atoms with Crippen LogP contribution >= 0.6 is 15.9 Å². The Kier molecular flexibility index (Phi) is 3.47. The molecule has 1 aromatic carbocycles. The summed E-state index contributed by atoms with van der Waals surface area (Å²) in [6, 6.07) is 4.50. The van der Waals surface area contributed by atoms with Crippen molar-refractivity contribution < 1.29 is 14.7 Å². The number of primary amides is 1. The smallest absolute Gasteiger partial charge is 0.336 e. The third-order valence-electron chi connectivity index (χ3n) is 1.53. The van der Waals surface area contributed by atoms with Crippen LogP contribution in [0.3, 0.4) is 0 Å². The first-order chi connectivity index (χ1) is 7.00. The summed E-state index contributed by atoms with van der Waals surface area (Å²) in [5.41, 5.74) is 5.11. The van der Waals surface area contributed by atoms with Crippen LogP contribution in [0.25, 0.3) is 0 Å². The Balaban J connectivity index is 3.27. The number of aromatic carboxylic acids is 1. The highest BCUT2D eigenvalue weighted by atomic mass is 79.9. The number of nitrogens with two attached hydrogens (primary N) is 1. The lowest BCUT2D eigenvalue weighted by atomic mass is 10.1. The fourth-order valence-electron chi connectivity index (χ4n) is 0.935. The van der Waals surface area contributed by atoms with Gasteiger partial charge in [-0.2, -0.15) is 0 Å². The lowest BCUT2D eigenvalue weighted by Gasteiger charge is -1.98. The van der Waals surface area contributed by atoms with E-state index in [0.717, 1.165) is 0 Å². The highest BCUT2D eigenvalue weighted by molar-refractivity contribution is 9.10. The SMILES string of the molecule is NC(=O)C#Cc1cc(Br)ccc1C(=O)O. The second-order valence-electron chi connectivity index (χ2n) is 2.61. The van der Waals surface area contributed by atoms with Crippen molar-refractivity contribution >= 4 is 27.8 Å². The molecule has 0 atom stereocenters. The van der Waals surface area contributed by atoms with Gasteiger partial charge >= 0.3 is 5.97 Å². The summed E-state index contributed by atoms with van der Waals surface area (Å²) in [5.74, 6) is 2.59. The molecule has 0 fully saturated rings. The van der Waals surface area contributed by atoms with E-state index in [0.29, 0.717) is 4.47 Å². The second-order valence-corrected chi connectivity index (χ2v) is 3.52. The lowest BCUT2D eigenvalue weighted by molar-refractivity contribution is -0.112. The van der Waals surface area contributed by atoms with Crippen molar-refractivity contribution in [2.24, 2.45) is 5.73 Å². The van der Waals surface area contributed by atoms with Crippen LogP contribution in [0.5, 0.6) is 0 Å². The third kappa shape index (κ3) is 3.11. The van der Waals surface area contributed by atoms with Gasteiger partial charge in [0.05, 0.1) is 5.56 Å². The van der Waals surface area contributed by atoms with Gasteiger partial charge in [0.2, 0.25) is 0 Å². The van der Waals surface area contributed by atoms with E-state index in [1.54, 1.807) is 6.07 Å². The molecule has 76 valence electrons. The van der Waals surface area contributed by atoms with Crippen molar-refractivity contribution in [1.82, 2.24) is 0 Å². The number of carboxylic acids is 1. The molecular formula is C10H6BrNO3. The molecule has 5 heteroatoms. The number of hydrogen-bond acceptors (Lipinski definition) is 2. The quantitative estimate of drug-likeness (QED) is 0.745. The molecule has 0 unspecified atom stereocenters. The van der Waals surface area contributed by atoms with E-state index >= 15 is 0 Å². The number of halogens is 1. The van der Waals surface area contributed by atoms with E-state index in [-0.39, 0.29) is 11.1 Å².